The maximum atomic E-state index is 12.5. The Morgan fingerprint density at radius 2 is 2.04 bits per heavy atom. The first-order chi connectivity index (χ1) is 12.3. The maximum Gasteiger partial charge on any atom is 0.200 e. The predicted octanol–water partition coefficient (Wildman–Crippen LogP) is 5.59. The number of halogens is 2. The van der Waals surface area contributed by atoms with Crippen molar-refractivity contribution in [1.82, 2.24) is 4.90 Å². The van der Waals surface area contributed by atoms with Gasteiger partial charge in [-0.25, -0.2) is 4.99 Å². The fourth-order valence-corrected chi connectivity index (χ4v) is 3.07. The molecule has 6 heteroatoms. The minimum Gasteiger partial charge on any atom is -0.484 e. The smallest absolute Gasteiger partial charge is 0.200 e. The van der Waals surface area contributed by atoms with Crippen molar-refractivity contribution < 1.29 is 9.53 Å². The number of ether oxygens (including phenoxy) is 1. The van der Waals surface area contributed by atoms with Gasteiger partial charge in [-0.3, -0.25) is 4.79 Å². The lowest BCUT2D eigenvalue weighted by atomic mass is 10.0. The van der Waals surface area contributed by atoms with Crippen LogP contribution in [-0.2, 0) is 0 Å². The van der Waals surface area contributed by atoms with Gasteiger partial charge in [-0.1, -0.05) is 17.7 Å². The van der Waals surface area contributed by atoms with E-state index in [1.165, 1.54) is 0 Å². The summed E-state index contributed by atoms with van der Waals surface area (Å²) in [5.74, 6) is 0.509. The van der Waals surface area contributed by atoms with Crippen LogP contribution in [0.2, 0.25) is 5.02 Å². The van der Waals surface area contributed by atoms with Crippen LogP contribution in [0.3, 0.4) is 0 Å². The topological polar surface area (TPSA) is 41.9 Å². The number of nitrogens with zero attached hydrogens (tertiary/aromatic N) is 2. The zero-order valence-electron chi connectivity index (χ0n) is 15.3. The highest BCUT2D eigenvalue weighted by molar-refractivity contribution is 9.10. The van der Waals surface area contributed by atoms with E-state index in [4.69, 9.17) is 16.3 Å². The molecule has 0 N–H and O–H groups in total. The number of aryl methyl sites for hydroxylation is 2. The lowest BCUT2D eigenvalue weighted by Crippen LogP contribution is -2.14. The summed E-state index contributed by atoms with van der Waals surface area (Å²) < 4.78 is 6.47. The third-order valence-corrected chi connectivity index (χ3v) is 4.86. The molecule has 0 saturated heterocycles. The van der Waals surface area contributed by atoms with Crippen molar-refractivity contribution in [1.29, 1.82) is 0 Å². The van der Waals surface area contributed by atoms with E-state index in [-0.39, 0.29) is 12.4 Å². The zero-order valence-corrected chi connectivity index (χ0v) is 17.7. The Morgan fingerprint density at radius 3 is 2.69 bits per heavy atom. The minimum atomic E-state index is -0.127. The minimum absolute atomic E-state index is 0.0555. The molecule has 138 valence electrons. The van der Waals surface area contributed by atoms with Crippen molar-refractivity contribution in [3.8, 4) is 5.75 Å². The number of carbonyl (C=O) groups is 1. The molecule has 2 aromatic rings. The van der Waals surface area contributed by atoms with E-state index in [9.17, 15) is 4.79 Å². The molecule has 0 aliphatic rings. The Kier molecular flexibility index (Phi) is 7.23. The highest BCUT2D eigenvalue weighted by Gasteiger charge is 2.14. The van der Waals surface area contributed by atoms with Crippen LogP contribution in [-0.4, -0.2) is 37.2 Å². The second kappa shape index (κ2) is 9.19. The second-order valence-electron chi connectivity index (χ2n) is 6.08. The van der Waals surface area contributed by atoms with Crippen LogP contribution in [0.4, 0.5) is 5.69 Å². The van der Waals surface area contributed by atoms with Gasteiger partial charge < -0.3 is 9.64 Å². The van der Waals surface area contributed by atoms with E-state index in [0.717, 1.165) is 22.1 Å². The van der Waals surface area contributed by atoms with Crippen molar-refractivity contribution in [2.75, 3.05) is 20.2 Å². The fraction of sp³-hybridized carbons (Fsp3) is 0.300. The van der Waals surface area contributed by atoms with Gasteiger partial charge in [-0.2, -0.15) is 0 Å². The Balaban J connectivity index is 2.13. The Labute approximate surface area is 168 Å². The van der Waals surface area contributed by atoms with Crippen LogP contribution in [0, 0.1) is 13.8 Å². The molecule has 0 amide bonds. The Hall–Kier alpha value is -1.85. The summed E-state index contributed by atoms with van der Waals surface area (Å²) in [5, 5.41) is 0.441. The van der Waals surface area contributed by atoms with Gasteiger partial charge in [0.1, 0.15) is 5.75 Å². The van der Waals surface area contributed by atoms with Crippen molar-refractivity contribution in [3.05, 3.63) is 56.5 Å². The van der Waals surface area contributed by atoms with E-state index >= 15 is 0 Å². The standard InChI is InChI=1S/C20H22BrClN2O2/c1-5-24(4)12-23-18-9-14(3)15(10-17(18)22)19(25)11-26-20-7-6-13(2)8-16(20)21/h6-10,12H,5,11H2,1-4H3/b23-12-. The molecule has 0 spiro atoms. The van der Waals surface area contributed by atoms with Crippen LogP contribution >= 0.6 is 27.5 Å². The molecule has 0 atom stereocenters. The molecule has 0 fully saturated rings. The van der Waals surface area contributed by atoms with E-state index in [2.05, 4.69) is 20.9 Å². The average Bonchev–Trinajstić information content (AvgIpc) is 2.60. The predicted molar refractivity (Wildman–Crippen MR) is 111 cm³/mol. The first-order valence-electron chi connectivity index (χ1n) is 8.28. The highest BCUT2D eigenvalue weighted by Crippen LogP contribution is 2.29. The number of rotatable bonds is 7. The SMILES string of the molecule is CCN(C)/C=N\c1cc(C)c(C(=O)COc2ccc(C)cc2Br)cc1Cl. The Bertz CT molecular complexity index is 837. The molecular formula is C20H22BrClN2O2. The van der Waals surface area contributed by atoms with Gasteiger partial charge in [-0.05, 0) is 72.1 Å². The van der Waals surface area contributed by atoms with E-state index in [1.54, 1.807) is 12.4 Å². The van der Waals surface area contributed by atoms with Crippen LogP contribution in [0.5, 0.6) is 5.75 Å². The third-order valence-electron chi connectivity index (χ3n) is 3.93. The molecule has 26 heavy (non-hydrogen) atoms. The summed E-state index contributed by atoms with van der Waals surface area (Å²) in [5.41, 5.74) is 3.12. The summed E-state index contributed by atoms with van der Waals surface area (Å²) in [6.45, 7) is 6.69. The second-order valence-corrected chi connectivity index (χ2v) is 7.34. The van der Waals surface area contributed by atoms with Crippen molar-refractivity contribution in [3.63, 3.8) is 0 Å². The van der Waals surface area contributed by atoms with Crippen molar-refractivity contribution in [2.45, 2.75) is 20.8 Å². The lowest BCUT2D eigenvalue weighted by molar-refractivity contribution is 0.0920. The number of hydrogen-bond acceptors (Lipinski definition) is 3. The molecule has 0 aliphatic heterocycles. The molecule has 0 aliphatic carbocycles. The van der Waals surface area contributed by atoms with Gasteiger partial charge in [0.25, 0.3) is 0 Å². The number of Topliss-reactive ketones (excluding diaryl/α,β-unsaturated/α-hetero) is 1. The van der Waals surface area contributed by atoms with Gasteiger partial charge in [0, 0.05) is 19.2 Å². The number of ketones is 1. The summed E-state index contributed by atoms with van der Waals surface area (Å²) in [4.78, 5) is 18.9. The van der Waals surface area contributed by atoms with E-state index in [0.29, 0.717) is 22.0 Å². The molecule has 0 saturated carbocycles. The van der Waals surface area contributed by atoms with E-state index < -0.39 is 0 Å². The molecule has 2 rings (SSSR count). The summed E-state index contributed by atoms with van der Waals surface area (Å²) in [6, 6.07) is 9.20. The van der Waals surface area contributed by atoms with Gasteiger partial charge in [-0.15, -0.1) is 0 Å². The quantitative estimate of drug-likeness (QED) is 0.322. The fourth-order valence-electron chi connectivity index (χ4n) is 2.25. The number of hydrogen-bond donors (Lipinski definition) is 0. The van der Waals surface area contributed by atoms with Crippen LogP contribution < -0.4 is 4.74 Å². The van der Waals surface area contributed by atoms with Crippen molar-refractivity contribution >= 4 is 45.3 Å². The molecule has 4 nitrogen and oxygen atoms in total. The first-order valence-corrected chi connectivity index (χ1v) is 9.45. The number of benzene rings is 2. The average molecular weight is 438 g/mol. The van der Waals surface area contributed by atoms with Gasteiger partial charge in [0.05, 0.1) is 21.5 Å². The summed E-state index contributed by atoms with van der Waals surface area (Å²) >= 11 is 9.75. The third kappa shape index (κ3) is 5.32. The lowest BCUT2D eigenvalue weighted by Gasteiger charge is -2.12. The molecule has 0 heterocycles. The molecule has 0 unspecified atom stereocenters. The first kappa shape index (κ1) is 20.5. The van der Waals surface area contributed by atoms with Gasteiger partial charge in [0.15, 0.2) is 6.61 Å². The number of carbonyl (C=O) groups excluding carboxylic acids is 1. The van der Waals surface area contributed by atoms with Crippen LogP contribution in [0.15, 0.2) is 39.8 Å². The van der Waals surface area contributed by atoms with Gasteiger partial charge in [0.2, 0.25) is 5.78 Å². The van der Waals surface area contributed by atoms with E-state index in [1.807, 2.05) is 57.0 Å². The maximum absolute atomic E-state index is 12.5. The highest BCUT2D eigenvalue weighted by atomic mass is 79.9. The molecular weight excluding hydrogens is 416 g/mol. The van der Waals surface area contributed by atoms with Gasteiger partial charge >= 0.3 is 0 Å². The normalized spacial score (nSPS) is 11.0. The largest absolute Gasteiger partial charge is 0.484 e. The summed E-state index contributed by atoms with van der Waals surface area (Å²) in [7, 11) is 1.93. The van der Waals surface area contributed by atoms with Crippen molar-refractivity contribution in [2.24, 2.45) is 4.99 Å². The monoisotopic (exact) mass is 436 g/mol. The molecule has 0 radical (unpaired) electrons. The van der Waals surface area contributed by atoms with Crippen LogP contribution in [0.25, 0.3) is 0 Å². The molecule has 0 aromatic heterocycles. The Morgan fingerprint density at radius 1 is 1.31 bits per heavy atom. The van der Waals surface area contributed by atoms with Crippen LogP contribution in [0.1, 0.15) is 28.4 Å². The number of aliphatic imine (C=N–C) groups is 1. The molecule has 0 bridgehead atoms. The molecule has 2 aromatic carbocycles. The summed E-state index contributed by atoms with van der Waals surface area (Å²) in [6.07, 6.45) is 1.72. The zero-order chi connectivity index (χ0) is 19.3.